The summed E-state index contributed by atoms with van der Waals surface area (Å²) in [6.45, 7) is 14.0. The third-order valence-electron chi connectivity index (χ3n) is 1.33. The van der Waals surface area contributed by atoms with Gasteiger partial charge in [-0.15, -0.1) is 11.3 Å². The van der Waals surface area contributed by atoms with Gasteiger partial charge in [-0.3, -0.25) is 0 Å². The minimum absolute atomic E-state index is 1.00. The van der Waals surface area contributed by atoms with Crippen molar-refractivity contribution in [3.8, 4) is 0 Å². The number of hydrogen-bond donors (Lipinski definition) is 0. The molecule has 16 heavy (non-hydrogen) atoms. The van der Waals surface area contributed by atoms with Crippen molar-refractivity contribution in [3.05, 3.63) is 23.3 Å². The molecule has 0 N–H and O–H groups in total. The molecule has 2 aromatic heterocycles. The van der Waals surface area contributed by atoms with E-state index in [1.165, 1.54) is 5.56 Å². The summed E-state index contributed by atoms with van der Waals surface area (Å²) < 4.78 is 0. The van der Waals surface area contributed by atoms with Crippen LogP contribution in [-0.4, -0.2) is 9.97 Å². The van der Waals surface area contributed by atoms with Crippen molar-refractivity contribution in [1.82, 2.24) is 9.97 Å². The normalized spacial score (nSPS) is 7.69. The van der Waals surface area contributed by atoms with Crippen LogP contribution < -0.4 is 0 Å². The summed E-state index contributed by atoms with van der Waals surface area (Å²) in [7, 11) is 0. The Balaban J connectivity index is 0. The van der Waals surface area contributed by atoms with Gasteiger partial charge in [-0.25, -0.2) is 9.97 Å². The number of aromatic nitrogens is 2. The zero-order valence-corrected chi connectivity index (χ0v) is 12.4. The molecule has 0 atom stereocenters. The Morgan fingerprint density at radius 1 is 0.938 bits per heavy atom. The summed E-state index contributed by atoms with van der Waals surface area (Å²) in [4.78, 5) is 9.35. The SMILES string of the molecule is CC.CC.CC.Cc1cnc2scnc2c1. The zero-order chi connectivity index (χ0) is 13.0. The third kappa shape index (κ3) is 5.81. The minimum Gasteiger partial charge on any atom is -0.243 e. The van der Waals surface area contributed by atoms with Gasteiger partial charge >= 0.3 is 0 Å². The molecule has 0 aromatic carbocycles. The Kier molecular flexibility index (Phi) is 13.2. The highest BCUT2D eigenvalue weighted by Crippen LogP contribution is 2.14. The summed E-state index contributed by atoms with van der Waals surface area (Å²) in [5.74, 6) is 0. The molecule has 0 spiro atoms. The molecule has 2 rings (SSSR count). The van der Waals surface area contributed by atoms with Crippen LogP contribution in [0.1, 0.15) is 47.1 Å². The number of aryl methyl sites for hydroxylation is 1. The molecular formula is C13H24N2S. The molecule has 0 unspecified atom stereocenters. The Morgan fingerprint density at radius 3 is 2.06 bits per heavy atom. The first kappa shape index (κ1) is 17.4. The fourth-order valence-electron chi connectivity index (χ4n) is 0.858. The molecule has 0 aliphatic heterocycles. The predicted molar refractivity (Wildman–Crippen MR) is 76.2 cm³/mol. The van der Waals surface area contributed by atoms with Gasteiger partial charge in [0.15, 0.2) is 0 Å². The molecule has 0 saturated heterocycles. The summed E-state index contributed by atoms with van der Waals surface area (Å²) in [5, 5.41) is 0. The molecule has 0 radical (unpaired) electrons. The maximum absolute atomic E-state index is 4.20. The predicted octanol–water partition coefficient (Wildman–Crippen LogP) is 5.08. The third-order valence-corrected chi connectivity index (χ3v) is 2.07. The van der Waals surface area contributed by atoms with Gasteiger partial charge in [0.05, 0.1) is 5.51 Å². The van der Waals surface area contributed by atoms with E-state index in [-0.39, 0.29) is 0 Å². The van der Waals surface area contributed by atoms with Gasteiger partial charge in [0.1, 0.15) is 10.3 Å². The molecule has 0 aliphatic carbocycles. The maximum atomic E-state index is 4.20. The van der Waals surface area contributed by atoms with Crippen molar-refractivity contribution in [3.63, 3.8) is 0 Å². The second kappa shape index (κ2) is 12.1. The lowest BCUT2D eigenvalue weighted by Crippen LogP contribution is -1.75. The number of thiazole rings is 1. The average Bonchev–Trinajstić information content (AvgIpc) is 2.84. The molecule has 92 valence electrons. The van der Waals surface area contributed by atoms with Gasteiger partial charge in [-0.05, 0) is 18.6 Å². The van der Waals surface area contributed by atoms with Crippen molar-refractivity contribution in [2.75, 3.05) is 0 Å². The Hall–Kier alpha value is -0.960. The average molecular weight is 240 g/mol. The summed E-state index contributed by atoms with van der Waals surface area (Å²) >= 11 is 1.57. The van der Waals surface area contributed by atoms with Crippen LogP contribution in [-0.2, 0) is 0 Å². The van der Waals surface area contributed by atoms with Crippen molar-refractivity contribution in [2.24, 2.45) is 0 Å². The van der Waals surface area contributed by atoms with Gasteiger partial charge < -0.3 is 0 Å². The van der Waals surface area contributed by atoms with Crippen molar-refractivity contribution < 1.29 is 0 Å². The topological polar surface area (TPSA) is 25.8 Å². The number of pyridine rings is 1. The summed E-state index contributed by atoms with van der Waals surface area (Å²) in [6, 6.07) is 2.04. The number of rotatable bonds is 0. The van der Waals surface area contributed by atoms with E-state index in [0.717, 1.165) is 10.3 Å². The molecule has 0 amide bonds. The van der Waals surface area contributed by atoms with Crippen molar-refractivity contribution >= 4 is 21.7 Å². The zero-order valence-electron chi connectivity index (χ0n) is 11.5. The monoisotopic (exact) mass is 240 g/mol. The number of nitrogens with zero attached hydrogens (tertiary/aromatic N) is 2. The highest BCUT2D eigenvalue weighted by molar-refractivity contribution is 7.16. The highest BCUT2D eigenvalue weighted by Gasteiger charge is 1.95. The van der Waals surface area contributed by atoms with Crippen LogP contribution in [0, 0.1) is 6.92 Å². The van der Waals surface area contributed by atoms with Gasteiger partial charge in [0, 0.05) is 6.20 Å². The van der Waals surface area contributed by atoms with Gasteiger partial charge in [0.25, 0.3) is 0 Å². The lowest BCUT2D eigenvalue weighted by molar-refractivity contribution is 1.33. The van der Waals surface area contributed by atoms with E-state index in [9.17, 15) is 0 Å². The van der Waals surface area contributed by atoms with Crippen LogP contribution in [0.4, 0.5) is 0 Å². The molecule has 0 fully saturated rings. The number of fused-ring (bicyclic) bond motifs is 1. The first-order chi connectivity index (χ1) is 7.86. The summed E-state index contributed by atoms with van der Waals surface area (Å²) in [5.41, 5.74) is 3.99. The van der Waals surface area contributed by atoms with Crippen LogP contribution in [0.25, 0.3) is 10.3 Å². The maximum Gasteiger partial charge on any atom is 0.143 e. The first-order valence-corrected chi connectivity index (χ1v) is 6.90. The number of hydrogen-bond acceptors (Lipinski definition) is 3. The fourth-order valence-corrected chi connectivity index (χ4v) is 1.47. The second-order valence-corrected chi connectivity index (χ2v) is 3.02. The first-order valence-electron chi connectivity index (χ1n) is 6.02. The van der Waals surface area contributed by atoms with Crippen LogP contribution in [0.2, 0.25) is 0 Å². The molecule has 2 heterocycles. The Morgan fingerprint density at radius 2 is 1.50 bits per heavy atom. The lowest BCUT2D eigenvalue weighted by Gasteiger charge is -1.87. The quantitative estimate of drug-likeness (QED) is 0.642. The fraction of sp³-hybridized carbons (Fsp3) is 0.538. The molecule has 0 aliphatic rings. The van der Waals surface area contributed by atoms with Gasteiger partial charge in [0.2, 0.25) is 0 Å². The van der Waals surface area contributed by atoms with E-state index in [1.807, 2.05) is 66.2 Å². The van der Waals surface area contributed by atoms with E-state index < -0.39 is 0 Å². The van der Waals surface area contributed by atoms with Gasteiger partial charge in [-0.1, -0.05) is 41.5 Å². The molecule has 2 nitrogen and oxygen atoms in total. The van der Waals surface area contributed by atoms with E-state index in [4.69, 9.17) is 0 Å². The molecule has 3 heteroatoms. The van der Waals surface area contributed by atoms with Crippen molar-refractivity contribution in [2.45, 2.75) is 48.5 Å². The van der Waals surface area contributed by atoms with E-state index in [1.54, 1.807) is 11.3 Å². The van der Waals surface area contributed by atoms with Crippen LogP contribution in [0.5, 0.6) is 0 Å². The Bertz CT molecular complexity index is 355. The highest BCUT2D eigenvalue weighted by atomic mass is 32.1. The molecular weight excluding hydrogens is 216 g/mol. The van der Waals surface area contributed by atoms with E-state index >= 15 is 0 Å². The Labute approximate surface area is 104 Å². The lowest BCUT2D eigenvalue weighted by atomic mass is 10.3. The molecule has 0 saturated carbocycles. The smallest absolute Gasteiger partial charge is 0.143 e. The van der Waals surface area contributed by atoms with Gasteiger partial charge in [-0.2, -0.15) is 0 Å². The minimum atomic E-state index is 1.00. The van der Waals surface area contributed by atoms with E-state index in [0.29, 0.717) is 0 Å². The second-order valence-electron chi connectivity index (χ2n) is 2.19. The van der Waals surface area contributed by atoms with Crippen LogP contribution in [0.3, 0.4) is 0 Å². The van der Waals surface area contributed by atoms with Crippen molar-refractivity contribution in [1.29, 1.82) is 0 Å². The van der Waals surface area contributed by atoms with E-state index in [2.05, 4.69) is 9.97 Å². The molecule has 2 aromatic rings. The molecule has 0 bridgehead atoms. The van der Waals surface area contributed by atoms with Crippen LogP contribution in [0.15, 0.2) is 17.8 Å². The largest absolute Gasteiger partial charge is 0.243 e. The standard InChI is InChI=1S/C7H6N2S.3C2H6/c1-5-2-6-7(8-3-5)10-4-9-6;3*1-2/h2-4H,1H3;3*1-2H3. The van der Waals surface area contributed by atoms with Crippen LogP contribution >= 0.6 is 11.3 Å². The summed E-state index contributed by atoms with van der Waals surface area (Å²) in [6.07, 6.45) is 1.86.